The number of benzene rings is 1. The Morgan fingerprint density at radius 1 is 0.732 bits per heavy atom. The highest BCUT2D eigenvalue weighted by Crippen LogP contribution is 2.28. The van der Waals surface area contributed by atoms with Crippen molar-refractivity contribution in [3.8, 4) is 5.75 Å². The van der Waals surface area contributed by atoms with Gasteiger partial charge in [-0.25, -0.2) is 0 Å². The Kier molecular flexibility index (Phi) is 21.5. The quantitative estimate of drug-likeness (QED) is 0.0755. The van der Waals surface area contributed by atoms with Crippen LogP contribution in [0.25, 0.3) is 0 Å². The van der Waals surface area contributed by atoms with Crippen molar-refractivity contribution in [2.45, 2.75) is 146 Å². The number of carbonyl (C=O) groups is 12. The van der Waals surface area contributed by atoms with Crippen LogP contribution in [0.1, 0.15) is 103 Å². The van der Waals surface area contributed by atoms with Crippen molar-refractivity contribution >= 4 is 70.9 Å². The summed E-state index contributed by atoms with van der Waals surface area (Å²) in [7, 11) is 0. The number of nitrogens with two attached hydrogens (primary N) is 3. The van der Waals surface area contributed by atoms with Gasteiger partial charge in [-0.3, -0.25) is 57.5 Å². The number of nitrogens with one attached hydrogen (secondary N) is 8. The summed E-state index contributed by atoms with van der Waals surface area (Å²) in [5, 5.41) is 30.1. The Morgan fingerprint density at radius 2 is 1.37 bits per heavy atom. The minimum absolute atomic E-state index is 0.0153. The maximum Gasteiger partial charge on any atom is 0.247 e. The minimum atomic E-state index is -1.83. The lowest BCUT2D eigenvalue weighted by Crippen LogP contribution is -2.62. The highest BCUT2D eigenvalue weighted by molar-refractivity contribution is 6.00. The Morgan fingerprint density at radius 3 is 2.00 bits per heavy atom. The molecule has 3 aliphatic rings. The predicted octanol–water partition coefficient (Wildman–Crippen LogP) is -3.89. The molecular weight excluding hydrogens is 929 g/mol. The molecule has 3 fully saturated rings. The fraction of sp³-hybridized carbons (Fsp3) is 0.609. The molecule has 0 bridgehead atoms. The topological polar surface area (TPSA) is 403 Å². The van der Waals surface area contributed by atoms with Gasteiger partial charge in [-0.15, -0.1) is 0 Å². The molecule has 2 saturated heterocycles. The Balaban J connectivity index is 1.70. The molecule has 1 aliphatic carbocycles. The van der Waals surface area contributed by atoms with E-state index in [4.69, 9.17) is 17.2 Å². The highest BCUT2D eigenvalue weighted by Gasteiger charge is 2.42. The number of carbonyl (C=O) groups excluding carboxylic acids is 12. The number of phenols is 1. The first-order valence-electron chi connectivity index (χ1n) is 24.0. The minimum Gasteiger partial charge on any atom is -0.508 e. The zero-order chi connectivity index (χ0) is 52.4. The smallest absolute Gasteiger partial charge is 0.247 e. The Bertz CT molecular complexity index is 2150. The fourth-order valence-electron chi connectivity index (χ4n) is 8.70. The first-order chi connectivity index (χ1) is 33.7. The summed E-state index contributed by atoms with van der Waals surface area (Å²) in [6.07, 6.45) is 1.65. The zero-order valence-electron chi connectivity index (χ0n) is 40.1. The number of hydrogen-bond acceptors (Lipinski definition) is 13. The number of primary amides is 3. The third-order valence-electron chi connectivity index (χ3n) is 12.8. The summed E-state index contributed by atoms with van der Waals surface area (Å²) in [5.41, 5.74) is 16.6. The summed E-state index contributed by atoms with van der Waals surface area (Å²) >= 11 is 0. The van der Waals surface area contributed by atoms with E-state index in [1.165, 1.54) is 24.3 Å². The van der Waals surface area contributed by atoms with Gasteiger partial charge in [0, 0.05) is 38.8 Å². The van der Waals surface area contributed by atoms with Gasteiger partial charge in [0.1, 0.15) is 48.0 Å². The van der Waals surface area contributed by atoms with E-state index < -0.39 is 164 Å². The number of nitrogens with zero attached hydrogens (tertiary/aromatic N) is 1. The van der Waals surface area contributed by atoms with Crippen molar-refractivity contribution in [3.05, 3.63) is 29.8 Å². The van der Waals surface area contributed by atoms with Gasteiger partial charge in [0.05, 0.1) is 13.0 Å². The van der Waals surface area contributed by atoms with Crippen LogP contribution in [0.5, 0.6) is 5.75 Å². The molecule has 2 aliphatic heterocycles. The summed E-state index contributed by atoms with van der Waals surface area (Å²) in [6.45, 7) is 2.23. The standard InChI is InChI=1S/C46H68N12O13/c1-3-24(2)38-45(70)53-28(15-16-33(47)60)40(65)54-30(21-34(48)61)41(66)55-31(22-50-36(63)17-18-37(64)52-29(42(67)56-38)20-25-11-13-27(59)14-12-25)46(71)58-19-7-10-32(58)43(68)57-39(26-8-5-4-6-9-26)44(69)51-23-35(49)62/h11-14,24,26,28-32,38-39,59H,3-10,15-23H2,1-2H3,(H2,47,60)(H2,48,61)(H2,49,62)(H,50,63)(H,51,69)(H,52,64)(H,53,70)(H,54,65)(H,55,66)(H,56,67)(H,57,68)/t24-,28-,29-,30-,31-,32-,38-,39-/m0/s1. The molecule has 15 N–H and O–H groups in total. The number of likely N-dealkylation sites (tertiary alicyclic amines) is 1. The molecule has 0 spiro atoms. The number of amides is 12. The van der Waals surface area contributed by atoms with E-state index >= 15 is 0 Å². The van der Waals surface area contributed by atoms with Gasteiger partial charge in [0.25, 0.3) is 0 Å². The molecular formula is C46H68N12O13. The number of aromatic hydroxyl groups is 1. The fourth-order valence-corrected chi connectivity index (χ4v) is 8.70. The van der Waals surface area contributed by atoms with Crippen LogP contribution in [0.4, 0.5) is 0 Å². The molecule has 1 aromatic carbocycles. The Hall–Kier alpha value is -7.34. The van der Waals surface area contributed by atoms with E-state index in [1.807, 2.05) is 0 Å². The van der Waals surface area contributed by atoms with Crippen LogP contribution in [0.15, 0.2) is 24.3 Å². The third-order valence-corrected chi connectivity index (χ3v) is 12.8. The molecule has 25 heteroatoms. The molecule has 4 rings (SSSR count). The van der Waals surface area contributed by atoms with E-state index in [-0.39, 0.29) is 31.1 Å². The largest absolute Gasteiger partial charge is 0.508 e. The summed E-state index contributed by atoms with van der Waals surface area (Å²) < 4.78 is 0. The van der Waals surface area contributed by atoms with Gasteiger partial charge in [-0.05, 0) is 61.6 Å². The second kappa shape index (κ2) is 27.2. The average Bonchev–Trinajstić information content (AvgIpc) is 3.83. The van der Waals surface area contributed by atoms with E-state index in [2.05, 4.69) is 42.5 Å². The lowest BCUT2D eigenvalue weighted by molar-refractivity contribution is -0.143. The number of phenolic OH excluding ortho intramolecular Hbond substituents is 1. The zero-order valence-corrected chi connectivity index (χ0v) is 40.1. The van der Waals surface area contributed by atoms with E-state index in [0.717, 1.165) is 24.2 Å². The van der Waals surface area contributed by atoms with E-state index in [0.29, 0.717) is 31.2 Å². The summed E-state index contributed by atoms with van der Waals surface area (Å²) in [4.78, 5) is 162. The predicted molar refractivity (Wildman–Crippen MR) is 251 cm³/mol. The van der Waals surface area contributed by atoms with Crippen molar-refractivity contribution in [2.75, 3.05) is 19.6 Å². The average molecular weight is 997 g/mol. The SMILES string of the molecule is CC[C@H](C)[C@@H]1NC(=O)[C@H](Cc2ccc(O)cc2)NC(=O)CCC(=O)NC[C@@H](C(=O)N2CCC[C@H]2C(=O)N[C@H](C(=O)NCC(N)=O)C2CCCCC2)NC(=O)[C@H](CC(N)=O)NC(=O)[C@H](CCC(N)=O)NC1=O. The van der Waals surface area contributed by atoms with Crippen molar-refractivity contribution < 1.29 is 62.6 Å². The van der Waals surface area contributed by atoms with Gasteiger partial charge in [-0.2, -0.15) is 0 Å². The summed E-state index contributed by atoms with van der Waals surface area (Å²) in [6, 6.07) is -4.32. The van der Waals surface area contributed by atoms with Crippen molar-refractivity contribution in [1.29, 1.82) is 0 Å². The van der Waals surface area contributed by atoms with Crippen LogP contribution in [-0.4, -0.2) is 143 Å². The lowest BCUT2D eigenvalue weighted by Gasteiger charge is -2.33. The van der Waals surface area contributed by atoms with Gasteiger partial charge in [0.15, 0.2) is 0 Å². The van der Waals surface area contributed by atoms with Crippen molar-refractivity contribution in [2.24, 2.45) is 29.0 Å². The van der Waals surface area contributed by atoms with Crippen molar-refractivity contribution in [3.63, 3.8) is 0 Å². The maximum atomic E-state index is 14.6. The Labute approximate surface area is 410 Å². The van der Waals surface area contributed by atoms with Crippen molar-refractivity contribution in [1.82, 2.24) is 47.4 Å². The van der Waals surface area contributed by atoms with Crippen LogP contribution in [0.3, 0.4) is 0 Å². The molecule has 1 aromatic rings. The van der Waals surface area contributed by atoms with Gasteiger partial charge in [-0.1, -0.05) is 51.7 Å². The molecule has 71 heavy (non-hydrogen) atoms. The maximum absolute atomic E-state index is 14.6. The second-order valence-electron chi connectivity index (χ2n) is 18.3. The second-order valence-corrected chi connectivity index (χ2v) is 18.3. The molecule has 12 amide bonds. The first-order valence-corrected chi connectivity index (χ1v) is 24.0. The van der Waals surface area contributed by atoms with E-state index in [9.17, 15) is 62.6 Å². The van der Waals surface area contributed by atoms with Crippen LogP contribution >= 0.6 is 0 Å². The summed E-state index contributed by atoms with van der Waals surface area (Å²) in [5.74, 6) is -11.5. The normalized spacial score (nSPS) is 24.3. The third kappa shape index (κ3) is 17.5. The van der Waals surface area contributed by atoms with Crippen LogP contribution < -0.4 is 59.7 Å². The van der Waals surface area contributed by atoms with Gasteiger partial charge < -0.3 is 69.7 Å². The highest BCUT2D eigenvalue weighted by atomic mass is 16.3. The van der Waals surface area contributed by atoms with E-state index in [1.54, 1.807) is 13.8 Å². The lowest BCUT2D eigenvalue weighted by atomic mass is 9.83. The molecule has 0 radical (unpaired) electrons. The molecule has 390 valence electrons. The van der Waals surface area contributed by atoms with Crippen LogP contribution in [-0.2, 0) is 64.0 Å². The van der Waals surface area contributed by atoms with Gasteiger partial charge >= 0.3 is 0 Å². The van der Waals surface area contributed by atoms with Gasteiger partial charge in [0.2, 0.25) is 70.9 Å². The molecule has 0 aromatic heterocycles. The molecule has 0 unspecified atom stereocenters. The number of rotatable bonds is 16. The molecule has 8 atom stereocenters. The van der Waals surface area contributed by atoms with Crippen LogP contribution in [0.2, 0.25) is 0 Å². The molecule has 2 heterocycles. The number of hydrogen-bond donors (Lipinski definition) is 12. The monoisotopic (exact) mass is 997 g/mol. The molecule has 25 nitrogen and oxygen atoms in total. The van der Waals surface area contributed by atoms with Crippen LogP contribution in [0, 0.1) is 11.8 Å². The molecule has 1 saturated carbocycles. The first kappa shape index (κ1) is 56.2.